The summed E-state index contributed by atoms with van der Waals surface area (Å²) in [4.78, 5) is 0. The molecule has 0 aliphatic carbocycles. The Labute approximate surface area is 136 Å². The predicted octanol–water partition coefficient (Wildman–Crippen LogP) is 3.11. The van der Waals surface area contributed by atoms with Crippen molar-refractivity contribution in [1.82, 2.24) is 0 Å². The van der Waals surface area contributed by atoms with E-state index in [4.69, 9.17) is 19.9 Å². The largest absolute Gasteiger partial charge is 0.493 e. The molecule has 0 aliphatic heterocycles. The van der Waals surface area contributed by atoms with Gasteiger partial charge in [-0.25, -0.2) is 0 Å². The number of benzene rings is 2. The summed E-state index contributed by atoms with van der Waals surface area (Å²) in [6, 6.07) is 11.2. The highest BCUT2D eigenvalue weighted by Gasteiger charge is 2.14. The van der Waals surface area contributed by atoms with Gasteiger partial charge in [-0.05, 0) is 49.2 Å². The van der Waals surface area contributed by atoms with E-state index in [0.29, 0.717) is 22.8 Å². The maximum absolute atomic E-state index is 9.82. The lowest BCUT2D eigenvalue weighted by Crippen LogP contribution is -2.14. The third kappa shape index (κ3) is 3.94. The number of hydrogen-bond acceptors (Lipinski definition) is 5. The van der Waals surface area contributed by atoms with Crippen LogP contribution in [0.5, 0.6) is 17.2 Å². The van der Waals surface area contributed by atoms with E-state index in [1.54, 1.807) is 14.2 Å². The molecule has 0 amide bonds. The Bertz CT molecular complexity index is 668. The van der Waals surface area contributed by atoms with Crippen LogP contribution in [0.25, 0.3) is 11.1 Å². The molecule has 124 valence electrons. The third-order valence-corrected chi connectivity index (χ3v) is 3.41. The van der Waals surface area contributed by atoms with Gasteiger partial charge in [-0.2, -0.15) is 0 Å². The van der Waals surface area contributed by atoms with Gasteiger partial charge >= 0.3 is 0 Å². The fourth-order valence-electron chi connectivity index (χ4n) is 2.34. The van der Waals surface area contributed by atoms with Crippen LogP contribution in [-0.2, 0) is 0 Å². The third-order valence-electron chi connectivity index (χ3n) is 3.41. The van der Waals surface area contributed by atoms with Gasteiger partial charge < -0.3 is 25.1 Å². The van der Waals surface area contributed by atoms with Crippen LogP contribution in [0.4, 0.5) is 0 Å². The van der Waals surface area contributed by atoms with Crippen LogP contribution in [0, 0.1) is 0 Å². The summed E-state index contributed by atoms with van der Waals surface area (Å²) < 4.78 is 16.3. The van der Waals surface area contributed by atoms with Crippen molar-refractivity contribution in [2.45, 2.75) is 26.2 Å². The van der Waals surface area contributed by atoms with E-state index in [2.05, 4.69) is 0 Å². The molecular weight excluding hydrogens is 294 g/mol. The molecule has 0 aliphatic rings. The van der Waals surface area contributed by atoms with Crippen molar-refractivity contribution in [2.75, 3.05) is 14.2 Å². The number of aliphatic hydroxyl groups is 1. The normalized spacial score (nSPS) is 12.1. The fraction of sp³-hybridized carbons (Fsp3) is 0.333. The first-order valence-corrected chi connectivity index (χ1v) is 7.43. The van der Waals surface area contributed by atoms with Gasteiger partial charge in [0.25, 0.3) is 0 Å². The van der Waals surface area contributed by atoms with Gasteiger partial charge in [0.05, 0.1) is 20.3 Å². The van der Waals surface area contributed by atoms with Gasteiger partial charge in [0.15, 0.2) is 11.5 Å². The van der Waals surface area contributed by atoms with Crippen molar-refractivity contribution in [2.24, 2.45) is 5.73 Å². The molecule has 0 radical (unpaired) electrons. The Morgan fingerprint density at radius 2 is 1.43 bits per heavy atom. The minimum atomic E-state index is -1.11. The molecule has 0 saturated carbocycles. The van der Waals surface area contributed by atoms with E-state index in [9.17, 15) is 5.11 Å². The van der Waals surface area contributed by atoms with Gasteiger partial charge in [0.1, 0.15) is 12.0 Å². The van der Waals surface area contributed by atoms with Crippen molar-refractivity contribution in [3.05, 3.63) is 42.0 Å². The summed E-state index contributed by atoms with van der Waals surface area (Å²) in [5.41, 5.74) is 8.05. The molecule has 0 aromatic heterocycles. The summed E-state index contributed by atoms with van der Waals surface area (Å²) in [7, 11) is 3.19. The Morgan fingerprint density at radius 3 is 1.96 bits per heavy atom. The van der Waals surface area contributed by atoms with Crippen molar-refractivity contribution < 1.29 is 19.3 Å². The first-order valence-electron chi connectivity index (χ1n) is 7.43. The standard InChI is InChI=1S/C18H23NO4/c1-11(2)23-15-7-5-12(9-14(15)18(19)20)13-6-8-16(21-3)17(10-13)22-4/h5-11,18,20H,19H2,1-4H3. The van der Waals surface area contributed by atoms with Gasteiger partial charge in [-0.3, -0.25) is 0 Å². The molecule has 0 saturated heterocycles. The fourth-order valence-corrected chi connectivity index (χ4v) is 2.34. The molecule has 2 aromatic rings. The van der Waals surface area contributed by atoms with Crippen LogP contribution in [0.15, 0.2) is 36.4 Å². The molecule has 23 heavy (non-hydrogen) atoms. The summed E-state index contributed by atoms with van der Waals surface area (Å²) in [6.07, 6.45) is -1.11. The number of aliphatic hydroxyl groups excluding tert-OH is 1. The monoisotopic (exact) mass is 317 g/mol. The predicted molar refractivity (Wildman–Crippen MR) is 89.9 cm³/mol. The molecule has 2 rings (SSSR count). The molecule has 1 atom stereocenters. The molecule has 3 N–H and O–H groups in total. The summed E-state index contributed by atoms with van der Waals surface area (Å²) in [6.45, 7) is 3.85. The Morgan fingerprint density at radius 1 is 0.870 bits per heavy atom. The lowest BCUT2D eigenvalue weighted by Gasteiger charge is -2.17. The van der Waals surface area contributed by atoms with Crippen LogP contribution in [0.1, 0.15) is 25.6 Å². The van der Waals surface area contributed by atoms with Crippen LogP contribution in [0.3, 0.4) is 0 Å². The minimum Gasteiger partial charge on any atom is -0.493 e. The number of methoxy groups -OCH3 is 2. The first kappa shape index (κ1) is 17.1. The zero-order valence-electron chi connectivity index (χ0n) is 13.9. The Hall–Kier alpha value is -2.24. The van der Waals surface area contributed by atoms with E-state index in [1.165, 1.54) is 0 Å². The SMILES string of the molecule is COc1ccc(-c2ccc(OC(C)C)c(C(N)O)c2)cc1OC. The van der Waals surface area contributed by atoms with Gasteiger partial charge in [-0.1, -0.05) is 12.1 Å². The molecule has 5 nitrogen and oxygen atoms in total. The number of ether oxygens (including phenoxy) is 3. The van der Waals surface area contributed by atoms with Crippen molar-refractivity contribution in [3.63, 3.8) is 0 Å². The van der Waals surface area contributed by atoms with Crippen LogP contribution in [0.2, 0.25) is 0 Å². The van der Waals surface area contributed by atoms with Crippen LogP contribution < -0.4 is 19.9 Å². The van der Waals surface area contributed by atoms with Crippen LogP contribution >= 0.6 is 0 Å². The summed E-state index contributed by atoms with van der Waals surface area (Å²) in [5, 5.41) is 9.82. The van der Waals surface area contributed by atoms with E-state index >= 15 is 0 Å². The van der Waals surface area contributed by atoms with E-state index < -0.39 is 6.23 Å². The highest BCUT2D eigenvalue weighted by Crippen LogP contribution is 2.35. The van der Waals surface area contributed by atoms with Crippen molar-refractivity contribution >= 4 is 0 Å². The highest BCUT2D eigenvalue weighted by molar-refractivity contribution is 5.69. The molecule has 0 bridgehead atoms. The summed E-state index contributed by atoms with van der Waals surface area (Å²) in [5.74, 6) is 1.89. The lowest BCUT2D eigenvalue weighted by atomic mass is 10.0. The van der Waals surface area contributed by atoms with Crippen molar-refractivity contribution in [3.8, 4) is 28.4 Å². The molecule has 0 fully saturated rings. The molecule has 5 heteroatoms. The average Bonchev–Trinajstić information content (AvgIpc) is 2.53. The first-order chi connectivity index (χ1) is 11.0. The minimum absolute atomic E-state index is 0.000527. The second-order valence-electron chi connectivity index (χ2n) is 5.43. The second kappa shape index (κ2) is 7.35. The number of nitrogens with two attached hydrogens (primary N) is 1. The zero-order valence-corrected chi connectivity index (χ0v) is 13.9. The molecular formula is C18H23NO4. The number of hydrogen-bond donors (Lipinski definition) is 2. The smallest absolute Gasteiger partial charge is 0.161 e. The zero-order chi connectivity index (χ0) is 17.0. The summed E-state index contributed by atoms with van der Waals surface area (Å²) >= 11 is 0. The quantitative estimate of drug-likeness (QED) is 0.801. The molecule has 2 aromatic carbocycles. The topological polar surface area (TPSA) is 73.9 Å². The van der Waals surface area contributed by atoms with Gasteiger partial charge in [0.2, 0.25) is 0 Å². The van der Waals surface area contributed by atoms with Gasteiger partial charge in [-0.15, -0.1) is 0 Å². The molecule has 0 spiro atoms. The van der Waals surface area contributed by atoms with E-state index in [-0.39, 0.29) is 6.10 Å². The van der Waals surface area contributed by atoms with E-state index in [0.717, 1.165) is 11.1 Å². The molecule has 1 unspecified atom stereocenters. The maximum Gasteiger partial charge on any atom is 0.161 e. The number of rotatable bonds is 6. The second-order valence-corrected chi connectivity index (χ2v) is 5.43. The Balaban J connectivity index is 2.46. The van der Waals surface area contributed by atoms with Crippen LogP contribution in [-0.4, -0.2) is 25.4 Å². The van der Waals surface area contributed by atoms with E-state index in [1.807, 2.05) is 50.2 Å². The lowest BCUT2D eigenvalue weighted by molar-refractivity contribution is 0.172. The van der Waals surface area contributed by atoms with Crippen molar-refractivity contribution in [1.29, 1.82) is 0 Å². The highest BCUT2D eigenvalue weighted by atomic mass is 16.5. The average molecular weight is 317 g/mol. The molecule has 0 heterocycles. The van der Waals surface area contributed by atoms with Gasteiger partial charge in [0, 0.05) is 5.56 Å². The Kier molecular flexibility index (Phi) is 5.47. The maximum atomic E-state index is 9.82.